The molecule has 8 heteroatoms. The zero-order valence-corrected chi connectivity index (χ0v) is 18.5. The molecule has 3 aromatic carbocycles. The number of sulfonamides is 1. The number of hydrogen-bond acceptors (Lipinski definition) is 4. The Morgan fingerprint density at radius 3 is 2.47 bits per heavy atom. The lowest BCUT2D eigenvalue weighted by atomic mass is 10.1. The minimum Gasteiger partial charge on any atom is -0.355 e. The van der Waals surface area contributed by atoms with E-state index in [1.54, 1.807) is 29.1 Å². The van der Waals surface area contributed by atoms with Crippen LogP contribution in [0.2, 0.25) is 0 Å². The van der Waals surface area contributed by atoms with Gasteiger partial charge in [0.25, 0.3) is 0 Å². The van der Waals surface area contributed by atoms with Crippen LogP contribution >= 0.6 is 0 Å². The fourth-order valence-electron chi connectivity index (χ4n) is 3.43. The molecule has 0 atom stereocenters. The van der Waals surface area contributed by atoms with Crippen LogP contribution in [0.3, 0.4) is 0 Å². The molecule has 0 bridgehead atoms. The van der Waals surface area contributed by atoms with E-state index in [0.29, 0.717) is 13.0 Å². The fourth-order valence-corrected chi connectivity index (χ4v) is 4.60. The number of benzene rings is 3. The molecule has 0 fully saturated rings. The largest absolute Gasteiger partial charge is 0.355 e. The number of likely N-dealkylation sites (N-methyl/N-ethyl adjacent to an activating group) is 1. The maximum absolute atomic E-state index is 12.9. The quantitative estimate of drug-likeness (QED) is 0.449. The first-order chi connectivity index (χ1) is 15.4. The van der Waals surface area contributed by atoms with Gasteiger partial charge in [-0.05, 0) is 53.1 Å². The zero-order valence-electron chi connectivity index (χ0n) is 17.7. The highest BCUT2D eigenvalue weighted by molar-refractivity contribution is 7.89. The Morgan fingerprint density at radius 2 is 1.75 bits per heavy atom. The SMILES string of the molecule is CN(CC(=O)NCCc1ccc(-n2cccn2)cc1)S(=O)(=O)c1ccc2ccccc2c1. The first kappa shape index (κ1) is 21.7. The average Bonchev–Trinajstić information content (AvgIpc) is 3.34. The summed E-state index contributed by atoms with van der Waals surface area (Å²) in [6, 6.07) is 22.3. The predicted octanol–water partition coefficient (Wildman–Crippen LogP) is 3.00. The average molecular weight is 449 g/mol. The first-order valence-corrected chi connectivity index (χ1v) is 11.7. The molecule has 1 N–H and O–H groups in total. The first-order valence-electron chi connectivity index (χ1n) is 10.2. The number of nitrogens with one attached hydrogen (secondary N) is 1. The van der Waals surface area contributed by atoms with Crippen molar-refractivity contribution >= 4 is 26.7 Å². The molecule has 1 amide bonds. The van der Waals surface area contributed by atoms with Crippen LogP contribution in [-0.4, -0.2) is 48.5 Å². The minimum absolute atomic E-state index is 0.170. The maximum Gasteiger partial charge on any atom is 0.243 e. The van der Waals surface area contributed by atoms with Crippen LogP contribution in [0.4, 0.5) is 0 Å². The summed E-state index contributed by atoms with van der Waals surface area (Å²) in [4.78, 5) is 12.5. The molecule has 0 aliphatic rings. The van der Waals surface area contributed by atoms with E-state index in [1.807, 2.05) is 60.8 Å². The highest BCUT2D eigenvalue weighted by atomic mass is 32.2. The predicted molar refractivity (Wildman–Crippen MR) is 124 cm³/mol. The molecule has 164 valence electrons. The summed E-state index contributed by atoms with van der Waals surface area (Å²) in [6.07, 6.45) is 4.24. The van der Waals surface area contributed by atoms with Crippen LogP contribution in [0.5, 0.6) is 0 Å². The Morgan fingerprint density at radius 1 is 1.00 bits per heavy atom. The number of rotatable bonds is 8. The Hall–Kier alpha value is -3.49. The van der Waals surface area contributed by atoms with Crippen molar-refractivity contribution in [2.24, 2.45) is 0 Å². The van der Waals surface area contributed by atoms with Gasteiger partial charge in [-0.15, -0.1) is 0 Å². The molecule has 0 spiro atoms. The molecule has 0 aliphatic heterocycles. The molecule has 1 heterocycles. The molecular formula is C24H24N4O3S. The second-order valence-corrected chi connectivity index (χ2v) is 9.53. The van der Waals surface area contributed by atoms with Crippen molar-refractivity contribution in [2.45, 2.75) is 11.3 Å². The van der Waals surface area contributed by atoms with Gasteiger partial charge in [0, 0.05) is 26.0 Å². The molecule has 0 radical (unpaired) electrons. The summed E-state index contributed by atoms with van der Waals surface area (Å²) in [5.74, 6) is -0.343. The fraction of sp³-hybridized carbons (Fsp3) is 0.167. The third kappa shape index (κ3) is 4.87. The van der Waals surface area contributed by atoms with Gasteiger partial charge in [0.2, 0.25) is 15.9 Å². The second kappa shape index (κ2) is 9.33. The van der Waals surface area contributed by atoms with Gasteiger partial charge < -0.3 is 5.32 Å². The zero-order chi connectivity index (χ0) is 22.6. The third-order valence-electron chi connectivity index (χ3n) is 5.24. The number of nitrogens with zero attached hydrogens (tertiary/aromatic N) is 3. The van der Waals surface area contributed by atoms with E-state index < -0.39 is 10.0 Å². The molecule has 0 saturated heterocycles. The van der Waals surface area contributed by atoms with Crippen molar-refractivity contribution in [1.29, 1.82) is 0 Å². The van der Waals surface area contributed by atoms with Crippen LogP contribution in [-0.2, 0) is 21.2 Å². The Balaban J connectivity index is 1.31. The lowest BCUT2D eigenvalue weighted by Crippen LogP contribution is -2.39. The molecule has 0 aliphatic carbocycles. The van der Waals surface area contributed by atoms with Crippen molar-refractivity contribution in [3.63, 3.8) is 0 Å². The van der Waals surface area contributed by atoms with E-state index in [0.717, 1.165) is 26.3 Å². The van der Waals surface area contributed by atoms with E-state index in [2.05, 4.69) is 10.4 Å². The monoisotopic (exact) mass is 448 g/mol. The van der Waals surface area contributed by atoms with Gasteiger partial charge in [-0.1, -0.05) is 42.5 Å². The third-order valence-corrected chi connectivity index (χ3v) is 7.04. The Kier molecular flexibility index (Phi) is 6.34. The van der Waals surface area contributed by atoms with Crippen molar-refractivity contribution < 1.29 is 13.2 Å². The Labute approximate surface area is 187 Å². The van der Waals surface area contributed by atoms with Crippen LogP contribution in [0.25, 0.3) is 16.5 Å². The highest BCUT2D eigenvalue weighted by Gasteiger charge is 2.23. The number of carbonyl (C=O) groups excluding carboxylic acids is 1. The standard InChI is InChI=1S/C24H24N4O3S/c1-27(32(30,31)23-12-9-20-5-2-3-6-21(20)17-23)18-24(29)25-15-13-19-7-10-22(11-8-19)28-16-4-14-26-28/h2-12,14,16-17H,13,15,18H2,1H3,(H,25,29). The highest BCUT2D eigenvalue weighted by Crippen LogP contribution is 2.21. The summed E-state index contributed by atoms with van der Waals surface area (Å²) >= 11 is 0. The molecule has 0 unspecified atom stereocenters. The maximum atomic E-state index is 12.9. The summed E-state index contributed by atoms with van der Waals surface area (Å²) in [5.41, 5.74) is 2.03. The van der Waals surface area contributed by atoms with Gasteiger partial charge in [0.05, 0.1) is 17.1 Å². The lowest BCUT2D eigenvalue weighted by Gasteiger charge is -2.17. The smallest absolute Gasteiger partial charge is 0.243 e. The molecule has 4 rings (SSSR count). The number of fused-ring (bicyclic) bond motifs is 1. The van der Waals surface area contributed by atoms with Crippen molar-refractivity contribution in [1.82, 2.24) is 19.4 Å². The number of aromatic nitrogens is 2. The molecule has 4 aromatic rings. The minimum atomic E-state index is -3.76. The molecular weight excluding hydrogens is 424 g/mol. The Bertz CT molecular complexity index is 1320. The summed E-state index contributed by atoms with van der Waals surface area (Å²) < 4.78 is 28.6. The molecule has 1 aromatic heterocycles. The van der Waals surface area contributed by atoms with E-state index in [1.165, 1.54) is 7.05 Å². The van der Waals surface area contributed by atoms with Crippen LogP contribution < -0.4 is 5.32 Å². The van der Waals surface area contributed by atoms with Crippen LogP contribution in [0.1, 0.15) is 5.56 Å². The van der Waals surface area contributed by atoms with Crippen molar-refractivity contribution in [2.75, 3.05) is 20.1 Å². The van der Waals surface area contributed by atoms with Gasteiger partial charge in [-0.25, -0.2) is 13.1 Å². The normalized spacial score (nSPS) is 11.7. The van der Waals surface area contributed by atoms with Gasteiger partial charge in [0.1, 0.15) is 0 Å². The summed E-state index contributed by atoms with van der Waals surface area (Å²) in [7, 11) is -2.35. The van der Waals surface area contributed by atoms with E-state index in [4.69, 9.17) is 0 Å². The lowest BCUT2D eigenvalue weighted by molar-refractivity contribution is -0.121. The van der Waals surface area contributed by atoms with Crippen molar-refractivity contribution in [3.8, 4) is 5.69 Å². The van der Waals surface area contributed by atoms with Gasteiger partial charge in [-0.3, -0.25) is 4.79 Å². The molecule has 0 saturated carbocycles. The summed E-state index contributed by atoms with van der Waals surface area (Å²) in [5, 5.41) is 8.79. The second-order valence-electron chi connectivity index (χ2n) is 7.49. The topological polar surface area (TPSA) is 84.3 Å². The van der Waals surface area contributed by atoms with Gasteiger partial charge in [0.15, 0.2) is 0 Å². The number of hydrogen-bond donors (Lipinski definition) is 1. The van der Waals surface area contributed by atoms with Crippen LogP contribution in [0.15, 0.2) is 90.1 Å². The van der Waals surface area contributed by atoms with Gasteiger partial charge in [-0.2, -0.15) is 9.40 Å². The van der Waals surface area contributed by atoms with E-state index in [-0.39, 0.29) is 17.3 Å². The van der Waals surface area contributed by atoms with E-state index >= 15 is 0 Å². The van der Waals surface area contributed by atoms with Gasteiger partial charge >= 0.3 is 0 Å². The summed E-state index contributed by atoms with van der Waals surface area (Å²) in [6.45, 7) is 0.178. The molecule has 7 nitrogen and oxygen atoms in total. The molecule has 32 heavy (non-hydrogen) atoms. The number of carbonyl (C=O) groups is 1. The van der Waals surface area contributed by atoms with E-state index in [9.17, 15) is 13.2 Å². The number of amides is 1. The van der Waals surface area contributed by atoms with Crippen LogP contribution in [0, 0.1) is 0 Å². The van der Waals surface area contributed by atoms with Crippen molar-refractivity contribution in [3.05, 3.63) is 90.8 Å².